The molecule has 3 rings (SSSR count). The number of nitrogens with zero attached hydrogens (tertiary/aromatic N) is 2. The Morgan fingerprint density at radius 1 is 1.22 bits per heavy atom. The maximum absolute atomic E-state index is 13.2. The fraction of sp³-hybridized carbons (Fsp3) is 0.250. The van der Waals surface area contributed by atoms with E-state index in [0.717, 1.165) is 11.5 Å². The van der Waals surface area contributed by atoms with Gasteiger partial charge in [0.25, 0.3) is 0 Å². The minimum Gasteiger partial charge on any atom is -0.445 e. The predicted octanol–water partition coefficient (Wildman–Crippen LogP) is 3.53. The summed E-state index contributed by atoms with van der Waals surface area (Å²) in [5.41, 5.74) is 1.88. The molecule has 0 unspecified atom stereocenters. The smallest absolute Gasteiger partial charge is 0.226 e. The highest BCUT2D eigenvalue weighted by Gasteiger charge is 2.13. The summed E-state index contributed by atoms with van der Waals surface area (Å²) in [6, 6.07) is 5.97. The molecule has 1 aromatic carbocycles. The van der Waals surface area contributed by atoms with Crippen LogP contribution in [0.25, 0.3) is 11.5 Å². The minimum absolute atomic E-state index is 0.219. The van der Waals surface area contributed by atoms with E-state index in [4.69, 9.17) is 8.83 Å². The molecule has 0 aliphatic heterocycles. The van der Waals surface area contributed by atoms with Gasteiger partial charge >= 0.3 is 0 Å². The lowest BCUT2D eigenvalue weighted by Crippen LogP contribution is -2.00. The van der Waals surface area contributed by atoms with Crippen LogP contribution in [0, 0.1) is 19.7 Å². The number of benzene rings is 1. The number of rotatable bonds is 5. The van der Waals surface area contributed by atoms with E-state index in [1.54, 1.807) is 12.1 Å². The van der Waals surface area contributed by atoms with Crippen molar-refractivity contribution in [2.45, 2.75) is 25.4 Å². The molecule has 3 aromatic rings. The lowest BCUT2D eigenvalue weighted by Gasteiger charge is -1.96. The third-order valence-electron chi connectivity index (χ3n) is 3.29. The van der Waals surface area contributed by atoms with Gasteiger partial charge in [0.15, 0.2) is 0 Å². The Balaban J connectivity index is 1.68. The molecule has 0 spiro atoms. The molecule has 7 heteroatoms. The largest absolute Gasteiger partial charge is 0.445 e. The van der Waals surface area contributed by atoms with Crippen LogP contribution in [-0.2, 0) is 22.3 Å². The molecule has 0 fully saturated rings. The monoisotopic (exact) mass is 334 g/mol. The lowest BCUT2D eigenvalue weighted by molar-refractivity contribution is 0.487. The van der Waals surface area contributed by atoms with E-state index in [0.29, 0.717) is 23.0 Å². The van der Waals surface area contributed by atoms with Gasteiger partial charge in [0, 0.05) is 16.4 Å². The maximum atomic E-state index is 13.2. The Morgan fingerprint density at radius 2 is 2.04 bits per heavy atom. The summed E-state index contributed by atoms with van der Waals surface area (Å²) in [5, 5.41) is 0. The first-order valence-electron chi connectivity index (χ1n) is 6.99. The highest BCUT2D eigenvalue weighted by atomic mass is 32.2. The molecule has 0 amide bonds. The van der Waals surface area contributed by atoms with Crippen LogP contribution in [0.15, 0.2) is 39.4 Å². The topological polar surface area (TPSA) is 69.1 Å². The highest BCUT2D eigenvalue weighted by molar-refractivity contribution is 7.83. The molecule has 0 aliphatic rings. The van der Waals surface area contributed by atoms with E-state index in [-0.39, 0.29) is 17.3 Å². The first kappa shape index (κ1) is 15.6. The molecule has 1 atom stereocenters. The fourth-order valence-corrected chi connectivity index (χ4v) is 3.05. The Hall–Kier alpha value is -2.28. The molecule has 2 aromatic heterocycles. The van der Waals surface area contributed by atoms with Crippen molar-refractivity contribution in [2.75, 3.05) is 0 Å². The second kappa shape index (κ2) is 6.45. The van der Waals surface area contributed by atoms with Crippen LogP contribution >= 0.6 is 0 Å². The van der Waals surface area contributed by atoms with Gasteiger partial charge in [-0.15, -0.1) is 0 Å². The fourth-order valence-electron chi connectivity index (χ4n) is 2.08. The molecule has 2 heterocycles. The van der Waals surface area contributed by atoms with Crippen molar-refractivity contribution in [1.29, 1.82) is 0 Å². The zero-order valence-electron chi connectivity index (χ0n) is 12.7. The van der Waals surface area contributed by atoms with Gasteiger partial charge in [0.1, 0.15) is 23.6 Å². The number of oxazole rings is 2. The van der Waals surface area contributed by atoms with Crippen molar-refractivity contribution in [3.05, 3.63) is 59.4 Å². The first-order valence-corrected chi connectivity index (χ1v) is 8.48. The molecule has 0 bridgehead atoms. The van der Waals surface area contributed by atoms with Crippen molar-refractivity contribution in [3.8, 4) is 11.5 Å². The van der Waals surface area contributed by atoms with E-state index >= 15 is 0 Å². The Morgan fingerprint density at radius 3 is 2.74 bits per heavy atom. The zero-order valence-corrected chi connectivity index (χ0v) is 13.5. The van der Waals surface area contributed by atoms with Gasteiger partial charge in [-0.2, -0.15) is 0 Å². The van der Waals surface area contributed by atoms with E-state index in [1.807, 2.05) is 13.8 Å². The van der Waals surface area contributed by atoms with Gasteiger partial charge < -0.3 is 8.83 Å². The van der Waals surface area contributed by atoms with Crippen molar-refractivity contribution < 1.29 is 17.4 Å². The second-order valence-corrected chi connectivity index (χ2v) is 6.59. The number of halogens is 1. The number of hydrogen-bond donors (Lipinski definition) is 0. The molecule has 0 aliphatic carbocycles. The van der Waals surface area contributed by atoms with Crippen LogP contribution in [-0.4, -0.2) is 14.2 Å². The normalized spacial score (nSPS) is 12.5. The maximum Gasteiger partial charge on any atom is 0.226 e. The summed E-state index contributed by atoms with van der Waals surface area (Å²) in [4.78, 5) is 8.46. The van der Waals surface area contributed by atoms with Crippen LogP contribution in [0.3, 0.4) is 0 Å². The van der Waals surface area contributed by atoms with Crippen molar-refractivity contribution in [1.82, 2.24) is 9.97 Å². The van der Waals surface area contributed by atoms with Crippen molar-refractivity contribution in [2.24, 2.45) is 0 Å². The molecular weight excluding hydrogens is 319 g/mol. The summed E-state index contributed by atoms with van der Waals surface area (Å²) in [6.45, 7) is 3.66. The van der Waals surface area contributed by atoms with E-state index < -0.39 is 10.8 Å². The summed E-state index contributed by atoms with van der Waals surface area (Å²) in [7, 11) is -1.22. The van der Waals surface area contributed by atoms with Crippen LogP contribution in [0.4, 0.5) is 4.39 Å². The Kier molecular flexibility index (Phi) is 4.38. The molecule has 23 heavy (non-hydrogen) atoms. The summed E-state index contributed by atoms with van der Waals surface area (Å²) >= 11 is 0. The van der Waals surface area contributed by atoms with Gasteiger partial charge in [-0.25, -0.2) is 14.4 Å². The zero-order chi connectivity index (χ0) is 16.4. The molecule has 5 nitrogen and oxygen atoms in total. The SMILES string of the molecule is Cc1nc(C[S@](=O)Cc2coc(-c3cccc(F)c3)n2)oc1C. The van der Waals surface area contributed by atoms with Gasteiger partial charge in [0.05, 0.1) is 17.1 Å². The van der Waals surface area contributed by atoms with Gasteiger partial charge in [-0.3, -0.25) is 4.21 Å². The van der Waals surface area contributed by atoms with E-state index in [1.165, 1.54) is 18.4 Å². The Labute approximate surface area is 135 Å². The third-order valence-corrected chi connectivity index (χ3v) is 4.48. The molecular formula is C16H15FN2O3S. The van der Waals surface area contributed by atoms with Crippen LogP contribution in [0.5, 0.6) is 0 Å². The first-order chi connectivity index (χ1) is 11.0. The predicted molar refractivity (Wildman–Crippen MR) is 83.4 cm³/mol. The average Bonchev–Trinajstić information content (AvgIpc) is 3.06. The lowest BCUT2D eigenvalue weighted by atomic mass is 10.2. The number of aromatic nitrogens is 2. The average molecular weight is 334 g/mol. The van der Waals surface area contributed by atoms with Crippen molar-refractivity contribution in [3.63, 3.8) is 0 Å². The molecule has 0 radical (unpaired) electrons. The quantitative estimate of drug-likeness (QED) is 0.714. The van der Waals surface area contributed by atoms with Crippen LogP contribution < -0.4 is 0 Å². The summed E-state index contributed by atoms with van der Waals surface area (Å²) in [5.74, 6) is 1.56. The number of hydrogen-bond acceptors (Lipinski definition) is 5. The number of aryl methyl sites for hydroxylation is 2. The summed E-state index contributed by atoms with van der Waals surface area (Å²) < 4.78 is 36.1. The minimum atomic E-state index is -1.22. The standard InChI is InChI=1S/C16H15FN2O3S/c1-10-11(2)22-15(18-10)9-23(20)8-14-7-21-16(19-14)12-4-3-5-13(17)6-12/h3-7H,8-9H2,1-2H3/t23-/m1/s1. The van der Waals surface area contributed by atoms with Gasteiger partial charge in [-0.05, 0) is 32.0 Å². The summed E-state index contributed by atoms with van der Waals surface area (Å²) in [6.07, 6.45) is 1.43. The second-order valence-electron chi connectivity index (χ2n) is 5.13. The van der Waals surface area contributed by atoms with Crippen LogP contribution in [0.1, 0.15) is 23.0 Å². The Bertz CT molecular complexity index is 837. The van der Waals surface area contributed by atoms with E-state index in [2.05, 4.69) is 9.97 Å². The third kappa shape index (κ3) is 3.73. The highest BCUT2D eigenvalue weighted by Crippen LogP contribution is 2.20. The molecule has 0 saturated carbocycles. The van der Waals surface area contributed by atoms with Gasteiger partial charge in [-0.1, -0.05) is 6.07 Å². The van der Waals surface area contributed by atoms with Gasteiger partial charge in [0.2, 0.25) is 11.8 Å². The molecule has 120 valence electrons. The van der Waals surface area contributed by atoms with Crippen LogP contribution in [0.2, 0.25) is 0 Å². The van der Waals surface area contributed by atoms with E-state index in [9.17, 15) is 8.60 Å². The van der Waals surface area contributed by atoms with Crippen molar-refractivity contribution >= 4 is 10.8 Å². The molecule has 0 N–H and O–H groups in total. The molecule has 0 saturated heterocycles.